The van der Waals surface area contributed by atoms with E-state index in [0.717, 1.165) is 0 Å². The second-order valence-electron chi connectivity index (χ2n) is 4.08. The van der Waals surface area contributed by atoms with Gasteiger partial charge in [-0.1, -0.05) is 13.8 Å². The van der Waals surface area contributed by atoms with Gasteiger partial charge in [-0.3, -0.25) is 14.9 Å². The van der Waals surface area contributed by atoms with E-state index in [-0.39, 0.29) is 0 Å². The summed E-state index contributed by atoms with van der Waals surface area (Å²) in [6.07, 6.45) is 0. The number of rotatable bonds is 2. The number of hydrogen-bond acceptors (Lipinski definition) is 4. The van der Waals surface area contributed by atoms with Crippen LogP contribution >= 0.6 is 0 Å². The lowest BCUT2D eigenvalue weighted by molar-refractivity contribution is -0.544. The van der Waals surface area contributed by atoms with Crippen LogP contribution in [0.2, 0.25) is 0 Å². The summed E-state index contributed by atoms with van der Waals surface area (Å²) in [6, 6.07) is 0. The normalized spacial score (nSPS) is 35.2. The maximum Gasteiger partial charge on any atom is 0.316 e. The highest BCUT2D eigenvalue weighted by atomic mass is 16.6. The summed E-state index contributed by atoms with van der Waals surface area (Å²) in [5.74, 6) is -1.12. The van der Waals surface area contributed by atoms with Gasteiger partial charge in [-0.25, -0.2) is 0 Å². The molecule has 0 aromatic rings. The zero-order valence-corrected chi connectivity index (χ0v) is 8.16. The van der Waals surface area contributed by atoms with Crippen molar-refractivity contribution in [3.8, 4) is 0 Å². The summed E-state index contributed by atoms with van der Waals surface area (Å²) in [7, 11) is 1.25. The average molecular weight is 187 g/mol. The van der Waals surface area contributed by atoms with Gasteiger partial charge in [-0.05, 0) is 0 Å². The van der Waals surface area contributed by atoms with E-state index in [0.29, 0.717) is 0 Å². The number of ether oxygens (including phenoxy) is 1. The van der Waals surface area contributed by atoms with Gasteiger partial charge in [0.1, 0.15) is 5.92 Å². The van der Waals surface area contributed by atoms with Crippen molar-refractivity contribution in [2.24, 2.45) is 11.3 Å². The first kappa shape index (κ1) is 9.95. The second-order valence-corrected chi connectivity index (χ2v) is 4.08. The van der Waals surface area contributed by atoms with Crippen LogP contribution in [0.5, 0.6) is 0 Å². The molecule has 13 heavy (non-hydrogen) atoms. The molecule has 0 spiro atoms. The Bertz CT molecular complexity index is 273. The second kappa shape index (κ2) is 2.43. The average Bonchev–Trinajstić information content (AvgIpc) is 2.47. The Balaban J connectivity index is 2.95. The molecule has 2 atom stereocenters. The molecule has 1 fully saturated rings. The predicted molar refractivity (Wildman–Crippen MR) is 44.7 cm³/mol. The van der Waals surface area contributed by atoms with E-state index >= 15 is 0 Å². The van der Waals surface area contributed by atoms with Crippen LogP contribution in [0.15, 0.2) is 0 Å². The van der Waals surface area contributed by atoms with Crippen LogP contribution in [0.25, 0.3) is 0 Å². The maximum absolute atomic E-state index is 11.2. The molecule has 0 unspecified atom stereocenters. The van der Waals surface area contributed by atoms with Crippen molar-refractivity contribution in [1.29, 1.82) is 0 Å². The van der Waals surface area contributed by atoms with E-state index in [9.17, 15) is 14.9 Å². The van der Waals surface area contributed by atoms with Gasteiger partial charge in [0.25, 0.3) is 0 Å². The molecule has 1 aliphatic carbocycles. The summed E-state index contributed by atoms with van der Waals surface area (Å²) in [4.78, 5) is 21.5. The van der Waals surface area contributed by atoms with Crippen LogP contribution in [-0.2, 0) is 9.53 Å². The lowest BCUT2D eigenvalue weighted by Gasteiger charge is -2.03. The van der Waals surface area contributed by atoms with Gasteiger partial charge in [0.2, 0.25) is 5.54 Å². The van der Waals surface area contributed by atoms with Crippen LogP contribution < -0.4 is 0 Å². The van der Waals surface area contributed by atoms with Crippen molar-refractivity contribution in [1.82, 2.24) is 0 Å². The van der Waals surface area contributed by atoms with Crippen LogP contribution in [0.1, 0.15) is 20.8 Å². The molecule has 5 heteroatoms. The SMILES string of the molecule is COC(=O)[C@@H]1C(C)(C)[C@@]1(C)[N+](=O)[O-]. The molecule has 0 radical (unpaired) electrons. The van der Waals surface area contributed by atoms with E-state index < -0.39 is 27.8 Å². The highest BCUT2D eigenvalue weighted by molar-refractivity contribution is 5.79. The van der Waals surface area contributed by atoms with Crippen molar-refractivity contribution in [3.63, 3.8) is 0 Å². The molecule has 1 aliphatic rings. The topological polar surface area (TPSA) is 69.4 Å². The Morgan fingerprint density at radius 2 is 1.92 bits per heavy atom. The minimum absolute atomic E-state index is 0.394. The minimum atomic E-state index is -1.17. The highest BCUT2D eigenvalue weighted by Crippen LogP contribution is 2.63. The number of carbonyl (C=O) groups excluding carboxylic acids is 1. The molecule has 0 bridgehead atoms. The molecule has 0 N–H and O–H groups in total. The lowest BCUT2D eigenvalue weighted by atomic mass is 10.1. The fourth-order valence-electron chi connectivity index (χ4n) is 1.94. The Labute approximate surface area is 76.2 Å². The largest absolute Gasteiger partial charge is 0.469 e. The quantitative estimate of drug-likeness (QED) is 0.365. The zero-order valence-electron chi connectivity index (χ0n) is 8.16. The van der Waals surface area contributed by atoms with Crippen molar-refractivity contribution in [2.75, 3.05) is 7.11 Å². The van der Waals surface area contributed by atoms with Crippen molar-refractivity contribution in [3.05, 3.63) is 10.1 Å². The van der Waals surface area contributed by atoms with E-state index in [2.05, 4.69) is 4.74 Å². The van der Waals surface area contributed by atoms with Crippen molar-refractivity contribution < 1.29 is 14.5 Å². The number of esters is 1. The number of nitro groups is 1. The number of nitrogens with zero attached hydrogens (tertiary/aromatic N) is 1. The molecule has 0 aromatic heterocycles. The molecule has 0 aliphatic heterocycles. The predicted octanol–water partition coefficient (Wildman–Crippen LogP) is 0.851. The first-order chi connectivity index (χ1) is 5.80. The number of methoxy groups -OCH3 is 1. The minimum Gasteiger partial charge on any atom is -0.469 e. The van der Waals surface area contributed by atoms with Crippen LogP contribution in [0, 0.1) is 21.4 Å². The summed E-state index contributed by atoms with van der Waals surface area (Å²) < 4.78 is 4.51. The molecule has 1 rings (SSSR count). The highest BCUT2D eigenvalue weighted by Gasteiger charge is 2.82. The molecule has 0 aromatic carbocycles. The molecular weight excluding hydrogens is 174 g/mol. The lowest BCUT2D eigenvalue weighted by Crippen LogP contribution is -2.25. The standard InChI is InChI=1S/C8H13NO4/c1-7(2)5(6(10)13-4)8(7,3)9(11)12/h5H,1-4H3/t5-,8+/m1/s1. The molecule has 0 heterocycles. The Morgan fingerprint density at radius 3 is 2.15 bits per heavy atom. The third-order valence-corrected chi connectivity index (χ3v) is 3.32. The van der Waals surface area contributed by atoms with Gasteiger partial charge in [0, 0.05) is 11.8 Å². The van der Waals surface area contributed by atoms with E-state index in [1.165, 1.54) is 14.0 Å². The Morgan fingerprint density at radius 1 is 1.46 bits per heavy atom. The van der Waals surface area contributed by atoms with Gasteiger partial charge >= 0.3 is 5.97 Å². The van der Waals surface area contributed by atoms with Gasteiger partial charge in [0.15, 0.2) is 0 Å². The van der Waals surface area contributed by atoms with Crippen LogP contribution in [0.4, 0.5) is 0 Å². The fraction of sp³-hybridized carbons (Fsp3) is 0.875. The molecule has 5 nitrogen and oxygen atoms in total. The first-order valence-electron chi connectivity index (χ1n) is 4.02. The van der Waals surface area contributed by atoms with Gasteiger partial charge in [-0.2, -0.15) is 0 Å². The molecule has 0 saturated heterocycles. The summed E-state index contributed by atoms with van der Waals surface area (Å²) in [5, 5.41) is 10.7. The first-order valence-corrected chi connectivity index (χ1v) is 4.02. The molecular formula is C8H13NO4. The van der Waals surface area contributed by atoms with Crippen molar-refractivity contribution >= 4 is 5.97 Å². The van der Waals surface area contributed by atoms with E-state index in [1.807, 2.05) is 0 Å². The fourth-order valence-corrected chi connectivity index (χ4v) is 1.94. The zero-order chi connectivity index (χ0) is 10.4. The summed E-state index contributed by atoms with van der Waals surface area (Å²) in [6.45, 7) is 4.89. The van der Waals surface area contributed by atoms with Gasteiger partial charge < -0.3 is 4.74 Å². The monoisotopic (exact) mass is 187 g/mol. The molecule has 74 valence electrons. The third kappa shape index (κ3) is 0.959. The van der Waals surface area contributed by atoms with E-state index in [1.54, 1.807) is 13.8 Å². The van der Waals surface area contributed by atoms with Crippen molar-refractivity contribution in [2.45, 2.75) is 26.3 Å². The number of hydrogen-bond donors (Lipinski definition) is 0. The van der Waals surface area contributed by atoms with E-state index in [4.69, 9.17) is 0 Å². The summed E-state index contributed by atoms with van der Waals surface area (Å²) in [5.41, 5.74) is -1.77. The van der Waals surface area contributed by atoms with Gasteiger partial charge in [-0.15, -0.1) is 0 Å². The maximum atomic E-state index is 11.2. The Hall–Kier alpha value is -1.13. The Kier molecular flexibility index (Phi) is 1.86. The third-order valence-electron chi connectivity index (χ3n) is 3.32. The van der Waals surface area contributed by atoms with Crippen LogP contribution in [0.3, 0.4) is 0 Å². The molecule has 0 amide bonds. The van der Waals surface area contributed by atoms with Gasteiger partial charge in [0.05, 0.1) is 12.5 Å². The van der Waals surface area contributed by atoms with Crippen LogP contribution in [-0.4, -0.2) is 23.5 Å². The smallest absolute Gasteiger partial charge is 0.316 e. The number of carbonyl (C=O) groups is 1. The molecule has 1 saturated carbocycles. The summed E-state index contributed by atoms with van der Waals surface area (Å²) >= 11 is 0.